The van der Waals surface area contributed by atoms with Crippen LogP contribution in [0.5, 0.6) is 5.75 Å². The van der Waals surface area contributed by atoms with Crippen LogP contribution in [-0.2, 0) is 58.9 Å². The monoisotopic (exact) mass is 977 g/mol. The van der Waals surface area contributed by atoms with E-state index in [1.807, 2.05) is 30.3 Å². The molecule has 1 saturated carbocycles. The number of amides is 1. The summed E-state index contributed by atoms with van der Waals surface area (Å²) in [4.78, 5) is 87.1. The molecule has 2 aliphatic heterocycles. The molecule has 3 aromatic carbocycles. The molecule has 8 rings (SSSR count). The lowest BCUT2D eigenvalue weighted by Gasteiger charge is -2.65. The molecule has 16 nitrogen and oxygen atoms in total. The molecule has 5 aliphatic rings. The first-order valence-corrected chi connectivity index (χ1v) is 23.8. The normalized spacial score (nSPS) is 31.4. The molecular formula is C55H63NO15. The van der Waals surface area contributed by atoms with Crippen LogP contribution < -0.4 is 4.74 Å². The number of benzene rings is 3. The van der Waals surface area contributed by atoms with E-state index in [0.717, 1.165) is 12.5 Å². The van der Waals surface area contributed by atoms with Crippen LogP contribution in [0.1, 0.15) is 110 Å². The number of Topliss-reactive ketones (excluding diaryl/α,β-unsaturated/α-hetero) is 1. The molecule has 0 unspecified atom stereocenters. The van der Waals surface area contributed by atoms with Gasteiger partial charge in [0.2, 0.25) is 0 Å². The summed E-state index contributed by atoms with van der Waals surface area (Å²) in [6.45, 7) is 17.3. The van der Waals surface area contributed by atoms with E-state index in [9.17, 15) is 24.3 Å². The zero-order valence-electron chi connectivity index (χ0n) is 42.0. The molecule has 3 aromatic rings. The summed E-state index contributed by atoms with van der Waals surface area (Å²) in [5, 5.41) is 13.9. The fourth-order valence-corrected chi connectivity index (χ4v) is 11.3. The van der Waals surface area contributed by atoms with E-state index in [-0.39, 0.29) is 23.3 Å². The second-order valence-corrected chi connectivity index (χ2v) is 21.3. The summed E-state index contributed by atoms with van der Waals surface area (Å²) in [6, 6.07) is 23.4. The van der Waals surface area contributed by atoms with Crippen molar-refractivity contribution in [1.82, 2.24) is 4.90 Å². The van der Waals surface area contributed by atoms with Crippen molar-refractivity contribution < 1.29 is 71.8 Å². The third kappa shape index (κ3) is 9.03. The van der Waals surface area contributed by atoms with Crippen LogP contribution in [0.15, 0.2) is 108 Å². The highest BCUT2D eigenvalue weighted by atomic mass is 16.6. The van der Waals surface area contributed by atoms with Crippen molar-refractivity contribution in [3.05, 3.63) is 125 Å². The number of ether oxygens (including phenoxy) is 8. The van der Waals surface area contributed by atoms with Crippen LogP contribution in [0.4, 0.5) is 4.79 Å². The van der Waals surface area contributed by atoms with Crippen molar-refractivity contribution in [2.75, 3.05) is 6.61 Å². The number of fused-ring (bicyclic) bond motifs is 5. The van der Waals surface area contributed by atoms with Gasteiger partial charge >= 0.3 is 30.0 Å². The van der Waals surface area contributed by atoms with E-state index < -0.39 is 118 Å². The predicted molar refractivity (Wildman–Crippen MR) is 254 cm³/mol. The summed E-state index contributed by atoms with van der Waals surface area (Å²) >= 11 is 0. The average Bonchev–Trinajstić information content (AvgIpc) is 3.58. The minimum Gasteiger partial charge on any atom is -0.489 e. The number of rotatable bonds is 10. The maximum absolute atomic E-state index is 15.6. The van der Waals surface area contributed by atoms with E-state index in [2.05, 4.69) is 0 Å². The lowest BCUT2D eigenvalue weighted by molar-refractivity contribution is -0.306. The minimum atomic E-state index is -2.30. The quantitative estimate of drug-likeness (QED) is 0.118. The maximum atomic E-state index is 15.6. The number of esters is 4. The third-order valence-electron chi connectivity index (χ3n) is 14.7. The third-order valence-corrected chi connectivity index (χ3v) is 14.7. The predicted octanol–water partition coefficient (Wildman–Crippen LogP) is 7.70. The first-order valence-electron chi connectivity index (χ1n) is 23.8. The molecule has 1 amide bonds. The van der Waals surface area contributed by atoms with Crippen LogP contribution in [0, 0.1) is 16.7 Å². The molecule has 3 fully saturated rings. The Hall–Kier alpha value is -6.36. The van der Waals surface area contributed by atoms with Gasteiger partial charge in [0.15, 0.2) is 23.6 Å². The van der Waals surface area contributed by atoms with E-state index in [1.54, 1.807) is 117 Å². The number of carbonyl (C=O) groups is 6. The van der Waals surface area contributed by atoms with Crippen LogP contribution in [0.2, 0.25) is 0 Å². The molecule has 2 saturated heterocycles. The summed E-state index contributed by atoms with van der Waals surface area (Å²) in [6.07, 6.45) is -5.29. The Kier molecular flexibility index (Phi) is 13.2. The van der Waals surface area contributed by atoms with Crippen molar-refractivity contribution >= 4 is 35.8 Å². The highest BCUT2D eigenvalue weighted by Crippen LogP contribution is 2.63. The highest BCUT2D eigenvalue weighted by molar-refractivity contribution is 5.96. The van der Waals surface area contributed by atoms with Gasteiger partial charge in [-0.2, -0.15) is 0 Å². The molecule has 2 bridgehead atoms. The molecule has 16 heteroatoms. The molecule has 0 spiro atoms. The number of aliphatic hydroxyl groups is 1. The molecular weight excluding hydrogens is 915 g/mol. The van der Waals surface area contributed by atoms with Gasteiger partial charge in [0.25, 0.3) is 0 Å². The summed E-state index contributed by atoms with van der Waals surface area (Å²) in [7, 11) is 0. The van der Waals surface area contributed by atoms with Gasteiger partial charge in [-0.15, -0.1) is 0 Å². The number of hydrogen-bond acceptors (Lipinski definition) is 15. The van der Waals surface area contributed by atoms with Crippen molar-refractivity contribution in [3.63, 3.8) is 0 Å². The Labute approximate surface area is 413 Å². The Morgan fingerprint density at radius 1 is 0.831 bits per heavy atom. The van der Waals surface area contributed by atoms with E-state index >= 15 is 9.59 Å². The van der Waals surface area contributed by atoms with Crippen LogP contribution >= 0.6 is 0 Å². The van der Waals surface area contributed by atoms with Crippen LogP contribution in [0.3, 0.4) is 0 Å². The zero-order chi connectivity index (χ0) is 51.6. The second kappa shape index (κ2) is 18.4. The lowest BCUT2D eigenvalue weighted by Crippen LogP contribution is -2.78. The molecule has 71 heavy (non-hydrogen) atoms. The van der Waals surface area contributed by atoms with Gasteiger partial charge in [0, 0.05) is 25.7 Å². The molecule has 378 valence electrons. The molecule has 0 radical (unpaired) electrons. The number of hydrogen-bond donors (Lipinski definition) is 1. The minimum absolute atomic E-state index is 0.109. The lowest BCUT2D eigenvalue weighted by atomic mass is 9.46. The van der Waals surface area contributed by atoms with E-state index in [1.165, 1.54) is 24.0 Å². The Bertz CT molecular complexity index is 2650. The number of nitrogens with zero attached hydrogens (tertiary/aromatic N) is 1. The van der Waals surface area contributed by atoms with Gasteiger partial charge in [-0.3, -0.25) is 19.3 Å². The molecule has 2 heterocycles. The van der Waals surface area contributed by atoms with Gasteiger partial charge in [0.1, 0.15) is 53.6 Å². The molecule has 0 aromatic heterocycles. The number of allylic oxidation sites excluding steroid dienone is 1. The summed E-state index contributed by atoms with van der Waals surface area (Å²) < 4.78 is 49.6. The van der Waals surface area contributed by atoms with Gasteiger partial charge < -0.3 is 43.0 Å². The summed E-state index contributed by atoms with van der Waals surface area (Å²) in [5.41, 5.74) is -7.78. The van der Waals surface area contributed by atoms with Gasteiger partial charge in [-0.1, -0.05) is 86.7 Å². The maximum Gasteiger partial charge on any atom is 0.413 e. The van der Waals surface area contributed by atoms with Gasteiger partial charge in [-0.05, 0) is 95.0 Å². The first kappa shape index (κ1) is 51.0. The van der Waals surface area contributed by atoms with Crippen molar-refractivity contribution in [2.45, 2.75) is 148 Å². The van der Waals surface area contributed by atoms with Crippen molar-refractivity contribution in [3.8, 4) is 5.75 Å². The number of carbonyl (C=O) groups excluding carboxylic acids is 6. The van der Waals surface area contributed by atoms with Crippen LogP contribution in [-0.4, -0.2) is 105 Å². The fourth-order valence-electron chi connectivity index (χ4n) is 11.3. The van der Waals surface area contributed by atoms with Crippen LogP contribution in [0.25, 0.3) is 0 Å². The van der Waals surface area contributed by atoms with Gasteiger partial charge in [0.05, 0.1) is 23.5 Å². The fraction of sp³-hybridized carbons (Fsp3) is 0.491. The van der Waals surface area contributed by atoms with Crippen molar-refractivity contribution in [1.29, 1.82) is 0 Å². The Morgan fingerprint density at radius 2 is 1.46 bits per heavy atom. The first-order chi connectivity index (χ1) is 33.2. The van der Waals surface area contributed by atoms with E-state index in [0.29, 0.717) is 17.9 Å². The molecule has 1 N–H and O–H groups in total. The summed E-state index contributed by atoms with van der Waals surface area (Å²) in [5.74, 6) is -4.88. The standard InChI is InChI=1S/C55H63NO15/c1-31-38(67-48(61)43-41(56(52(9,10)70-43)49(62)71-50(4,5)6)35-22-24-37(25-23-35)64-29-34-18-14-12-15-19-34)28-55(63)46(68-47(60)36-20-16-13-17-21-36)44-53(11,27-26-39-54(44,30-65-39)69-33(3)58)45(59)42(66-32(2)57)40(31)51(55,7)8/h12-27,38-39,41-44,46,63H,28-30H2,1-11H3/t38-,39+,41-,42+,43+,44-,46-,53+,54-,55+/m0/s1. The zero-order valence-corrected chi connectivity index (χ0v) is 42.0. The Balaban J connectivity index is 1.25. The Morgan fingerprint density at radius 3 is 2.04 bits per heavy atom. The largest absolute Gasteiger partial charge is 0.489 e. The van der Waals surface area contributed by atoms with Crippen molar-refractivity contribution in [2.24, 2.45) is 16.7 Å². The molecule has 3 aliphatic carbocycles. The molecule has 10 atom stereocenters. The second-order valence-electron chi connectivity index (χ2n) is 21.3. The topological polar surface area (TPSA) is 200 Å². The average molecular weight is 978 g/mol. The van der Waals surface area contributed by atoms with E-state index in [4.69, 9.17) is 37.9 Å². The smallest absolute Gasteiger partial charge is 0.413 e. The number of ketones is 1. The van der Waals surface area contributed by atoms with Gasteiger partial charge in [-0.25, -0.2) is 14.4 Å². The SMILES string of the molecule is CC(=O)O[C@H]1C(=O)[C@]2(C)C=C[C@H]3OC[C@@]3(OC(C)=O)[C@H]2[C@H](OC(=O)c2ccccc2)[C@]2(O)C[C@H](OC(=O)[C@@H]3OC(C)(C)N(C(=O)OC(C)(C)C)[C@H]3c3ccc(OCc4ccccc4)cc3)C(C)=C1C2(C)C. The highest BCUT2D eigenvalue weighted by Gasteiger charge is 2.75.